The van der Waals surface area contributed by atoms with Crippen LogP contribution in [0.5, 0.6) is 0 Å². The highest BCUT2D eigenvalue weighted by Crippen LogP contribution is 2.04. The molecule has 1 atom stereocenters. The van der Waals surface area contributed by atoms with Crippen LogP contribution in [0, 0.1) is 0 Å². The first kappa shape index (κ1) is 11.0. The molecular formula is C10H22N2O. The number of hydrogen-bond acceptors (Lipinski definition) is 3. The zero-order valence-corrected chi connectivity index (χ0v) is 9.26. The molecule has 0 aromatic carbocycles. The van der Waals surface area contributed by atoms with Crippen LogP contribution in [0.3, 0.4) is 0 Å². The van der Waals surface area contributed by atoms with Crippen LogP contribution in [-0.4, -0.2) is 49.8 Å². The topological polar surface area (TPSA) is 24.5 Å². The van der Waals surface area contributed by atoms with Crippen molar-refractivity contribution < 1.29 is 4.74 Å². The quantitative estimate of drug-likeness (QED) is 0.687. The molecule has 0 aromatic rings. The van der Waals surface area contributed by atoms with Gasteiger partial charge in [-0.2, -0.15) is 0 Å². The summed E-state index contributed by atoms with van der Waals surface area (Å²) in [4.78, 5) is 2.32. The maximum atomic E-state index is 5.64. The van der Waals surface area contributed by atoms with Crippen molar-refractivity contribution in [3.05, 3.63) is 0 Å². The number of nitrogens with zero attached hydrogens (tertiary/aromatic N) is 1. The standard InChI is InChI=1S/C10H22N2O/c1-10(2,3)11-7-9-8-12(4)5-6-13-9/h9,11H,5-8H2,1-4H3/t9-/m1/s1. The summed E-state index contributed by atoms with van der Waals surface area (Å²) in [5.74, 6) is 0. The lowest BCUT2D eigenvalue weighted by molar-refractivity contribution is -0.0205. The number of rotatable bonds is 2. The van der Waals surface area contributed by atoms with Crippen molar-refractivity contribution in [2.45, 2.75) is 32.4 Å². The van der Waals surface area contributed by atoms with Gasteiger partial charge in [0.05, 0.1) is 12.7 Å². The molecule has 0 bridgehead atoms. The summed E-state index contributed by atoms with van der Waals surface area (Å²) in [6, 6.07) is 0. The van der Waals surface area contributed by atoms with Crippen molar-refractivity contribution in [3.63, 3.8) is 0 Å². The van der Waals surface area contributed by atoms with Gasteiger partial charge in [0.1, 0.15) is 0 Å². The molecule has 1 saturated heterocycles. The molecule has 78 valence electrons. The lowest BCUT2D eigenvalue weighted by atomic mass is 10.1. The Labute approximate surface area is 81.4 Å². The highest BCUT2D eigenvalue weighted by Gasteiger charge is 2.19. The number of ether oxygens (including phenoxy) is 1. The second kappa shape index (κ2) is 4.40. The normalized spacial score (nSPS) is 26.3. The van der Waals surface area contributed by atoms with Gasteiger partial charge in [-0.05, 0) is 27.8 Å². The van der Waals surface area contributed by atoms with Crippen LogP contribution >= 0.6 is 0 Å². The van der Waals surface area contributed by atoms with Crippen molar-refractivity contribution in [2.24, 2.45) is 0 Å². The third-order valence-corrected chi connectivity index (χ3v) is 2.20. The van der Waals surface area contributed by atoms with E-state index in [1.54, 1.807) is 0 Å². The number of morpholine rings is 1. The molecule has 0 amide bonds. The minimum atomic E-state index is 0.194. The van der Waals surface area contributed by atoms with Gasteiger partial charge in [0.15, 0.2) is 0 Å². The summed E-state index contributed by atoms with van der Waals surface area (Å²) in [6.45, 7) is 10.5. The van der Waals surface area contributed by atoms with Crippen molar-refractivity contribution in [2.75, 3.05) is 33.3 Å². The molecule has 0 spiro atoms. The zero-order valence-electron chi connectivity index (χ0n) is 9.26. The molecule has 0 radical (unpaired) electrons. The van der Waals surface area contributed by atoms with Crippen LogP contribution in [0.25, 0.3) is 0 Å². The van der Waals surface area contributed by atoms with Gasteiger partial charge >= 0.3 is 0 Å². The predicted octanol–water partition coefficient (Wildman–Crippen LogP) is 0.705. The Morgan fingerprint density at radius 2 is 2.15 bits per heavy atom. The summed E-state index contributed by atoms with van der Waals surface area (Å²) >= 11 is 0. The predicted molar refractivity (Wildman–Crippen MR) is 55.0 cm³/mol. The molecule has 1 heterocycles. The van der Waals surface area contributed by atoms with E-state index in [4.69, 9.17) is 4.74 Å². The summed E-state index contributed by atoms with van der Waals surface area (Å²) in [5, 5.41) is 3.46. The van der Waals surface area contributed by atoms with Crippen molar-refractivity contribution in [3.8, 4) is 0 Å². The van der Waals surface area contributed by atoms with Crippen LogP contribution in [0.2, 0.25) is 0 Å². The monoisotopic (exact) mass is 186 g/mol. The summed E-state index contributed by atoms with van der Waals surface area (Å²) in [5.41, 5.74) is 0.194. The molecule has 3 nitrogen and oxygen atoms in total. The van der Waals surface area contributed by atoms with E-state index in [2.05, 4.69) is 38.0 Å². The molecule has 0 aromatic heterocycles. The molecule has 0 saturated carbocycles. The third-order valence-electron chi connectivity index (χ3n) is 2.20. The van der Waals surface area contributed by atoms with Gasteiger partial charge in [0, 0.05) is 25.2 Å². The molecule has 13 heavy (non-hydrogen) atoms. The van der Waals surface area contributed by atoms with Crippen molar-refractivity contribution in [1.82, 2.24) is 10.2 Å². The Bertz CT molecular complexity index is 153. The lowest BCUT2D eigenvalue weighted by Gasteiger charge is -2.32. The highest BCUT2D eigenvalue weighted by molar-refractivity contribution is 4.76. The van der Waals surface area contributed by atoms with Crippen LogP contribution in [0.4, 0.5) is 0 Å². The molecule has 0 unspecified atom stereocenters. The van der Waals surface area contributed by atoms with E-state index in [-0.39, 0.29) is 5.54 Å². The van der Waals surface area contributed by atoms with E-state index in [0.717, 1.165) is 26.2 Å². The smallest absolute Gasteiger partial charge is 0.0826 e. The first-order valence-corrected chi connectivity index (χ1v) is 5.02. The molecule has 1 aliphatic heterocycles. The molecule has 3 heteroatoms. The second-order valence-electron chi connectivity index (χ2n) is 4.89. The first-order valence-electron chi connectivity index (χ1n) is 5.02. The molecule has 1 aliphatic rings. The third kappa shape index (κ3) is 4.60. The van der Waals surface area contributed by atoms with Crippen LogP contribution < -0.4 is 5.32 Å². The van der Waals surface area contributed by atoms with Gasteiger partial charge in [-0.25, -0.2) is 0 Å². The van der Waals surface area contributed by atoms with Gasteiger partial charge in [-0.1, -0.05) is 0 Å². The summed E-state index contributed by atoms with van der Waals surface area (Å²) < 4.78 is 5.64. The van der Waals surface area contributed by atoms with Gasteiger partial charge in [0.2, 0.25) is 0 Å². The van der Waals surface area contributed by atoms with E-state index in [0.29, 0.717) is 6.10 Å². The first-order chi connectivity index (χ1) is 5.97. The molecular weight excluding hydrogens is 164 g/mol. The van der Waals surface area contributed by atoms with E-state index in [9.17, 15) is 0 Å². The zero-order chi connectivity index (χ0) is 9.90. The summed E-state index contributed by atoms with van der Waals surface area (Å²) in [6.07, 6.45) is 0.359. The Balaban J connectivity index is 2.21. The number of nitrogens with one attached hydrogen (secondary N) is 1. The molecule has 0 aliphatic carbocycles. The molecule has 1 N–H and O–H groups in total. The van der Waals surface area contributed by atoms with Crippen LogP contribution in [0.15, 0.2) is 0 Å². The summed E-state index contributed by atoms with van der Waals surface area (Å²) in [7, 11) is 2.15. The van der Waals surface area contributed by atoms with Gasteiger partial charge in [0.25, 0.3) is 0 Å². The van der Waals surface area contributed by atoms with Crippen molar-refractivity contribution in [1.29, 1.82) is 0 Å². The lowest BCUT2D eigenvalue weighted by Crippen LogP contribution is -2.48. The van der Waals surface area contributed by atoms with Gasteiger partial charge in [-0.15, -0.1) is 0 Å². The fourth-order valence-corrected chi connectivity index (χ4v) is 1.41. The van der Waals surface area contributed by atoms with E-state index in [1.165, 1.54) is 0 Å². The maximum Gasteiger partial charge on any atom is 0.0826 e. The fourth-order valence-electron chi connectivity index (χ4n) is 1.41. The largest absolute Gasteiger partial charge is 0.374 e. The Kier molecular flexibility index (Phi) is 3.71. The average molecular weight is 186 g/mol. The minimum absolute atomic E-state index is 0.194. The number of hydrogen-bond donors (Lipinski definition) is 1. The Morgan fingerprint density at radius 3 is 2.69 bits per heavy atom. The Hall–Kier alpha value is -0.120. The average Bonchev–Trinajstić information content (AvgIpc) is 2.00. The minimum Gasteiger partial charge on any atom is -0.374 e. The van der Waals surface area contributed by atoms with Gasteiger partial charge in [-0.3, -0.25) is 0 Å². The molecule has 1 rings (SSSR count). The fraction of sp³-hybridized carbons (Fsp3) is 1.00. The molecule has 1 fully saturated rings. The van der Waals surface area contributed by atoms with Crippen LogP contribution in [0.1, 0.15) is 20.8 Å². The second-order valence-corrected chi connectivity index (χ2v) is 4.89. The van der Waals surface area contributed by atoms with Crippen molar-refractivity contribution >= 4 is 0 Å². The van der Waals surface area contributed by atoms with Gasteiger partial charge < -0.3 is 15.0 Å². The van der Waals surface area contributed by atoms with E-state index in [1.807, 2.05) is 0 Å². The highest BCUT2D eigenvalue weighted by atomic mass is 16.5. The number of likely N-dealkylation sites (N-methyl/N-ethyl adjacent to an activating group) is 1. The van der Waals surface area contributed by atoms with Crippen LogP contribution in [-0.2, 0) is 4.74 Å². The van der Waals surface area contributed by atoms with E-state index < -0.39 is 0 Å². The SMILES string of the molecule is CN1CCO[C@H](CNC(C)(C)C)C1. The Morgan fingerprint density at radius 1 is 1.46 bits per heavy atom. The maximum absolute atomic E-state index is 5.64. The van der Waals surface area contributed by atoms with E-state index >= 15 is 0 Å².